The summed E-state index contributed by atoms with van der Waals surface area (Å²) < 4.78 is 1.24. The molecule has 3 rings (SSSR count). The Hall–Kier alpha value is -0.580. The summed E-state index contributed by atoms with van der Waals surface area (Å²) in [4.78, 5) is 12.2. The van der Waals surface area contributed by atoms with Gasteiger partial charge in [0.05, 0.1) is 10.4 Å². The molecule has 18 heavy (non-hydrogen) atoms. The Morgan fingerprint density at radius 1 is 1.11 bits per heavy atom. The number of hydrogen-bond donors (Lipinski definition) is 0. The van der Waals surface area contributed by atoms with E-state index in [1.807, 2.05) is 12.1 Å². The third-order valence-electron chi connectivity index (χ3n) is 2.64. The van der Waals surface area contributed by atoms with Crippen molar-refractivity contribution < 1.29 is 34.7 Å². The van der Waals surface area contributed by atoms with Crippen molar-refractivity contribution in [2.75, 3.05) is 0 Å². The monoisotopic (exact) mass is 284 g/mol. The normalized spacial score (nSPS) is 10.5. The molecule has 1 heterocycles. The Labute approximate surface area is 134 Å². The van der Waals surface area contributed by atoms with Crippen molar-refractivity contribution in [1.82, 2.24) is 0 Å². The van der Waals surface area contributed by atoms with Crippen molar-refractivity contribution in [3.05, 3.63) is 51.6 Å². The standard InChI is InChI=1S/C13H7ClO2S.Na/c14-8-5-6-9(15)13-11(8)12(16)7-3-1-2-4-10(7)17-13;/h1-6,15H;/q;+1/p-1. The summed E-state index contributed by atoms with van der Waals surface area (Å²) in [5.74, 6) is -0.155. The maximum atomic E-state index is 12.2. The second kappa shape index (κ2) is 5.19. The van der Waals surface area contributed by atoms with E-state index in [-0.39, 0.29) is 40.7 Å². The summed E-state index contributed by atoms with van der Waals surface area (Å²) in [7, 11) is 0. The van der Waals surface area contributed by atoms with E-state index in [0.29, 0.717) is 20.5 Å². The molecule has 0 N–H and O–H groups in total. The molecule has 0 aliphatic rings. The van der Waals surface area contributed by atoms with Gasteiger partial charge in [-0.1, -0.05) is 35.5 Å². The number of halogens is 1. The van der Waals surface area contributed by atoms with Crippen LogP contribution in [0.15, 0.2) is 41.2 Å². The van der Waals surface area contributed by atoms with Crippen LogP contribution >= 0.6 is 22.9 Å². The van der Waals surface area contributed by atoms with Crippen LogP contribution in [0.3, 0.4) is 0 Å². The van der Waals surface area contributed by atoms with E-state index in [9.17, 15) is 9.90 Å². The average molecular weight is 285 g/mol. The molecule has 0 bridgehead atoms. The average Bonchev–Trinajstić information content (AvgIpc) is 2.34. The second-order valence-electron chi connectivity index (χ2n) is 3.68. The smallest absolute Gasteiger partial charge is 0.871 e. The Kier molecular flexibility index (Phi) is 3.99. The fraction of sp³-hybridized carbons (Fsp3) is 0. The first-order valence-corrected chi connectivity index (χ1v) is 6.19. The fourth-order valence-corrected chi connectivity index (χ4v) is 3.25. The van der Waals surface area contributed by atoms with Crippen molar-refractivity contribution in [2.45, 2.75) is 0 Å². The molecule has 3 aromatic rings. The minimum atomic E-state index is -0.169. The van der Waals surface area contributed by atoms with E-state index in [4.69, 9.17) is 11.6 Å². The maximum Gasteiger partial charge on any atom is 1.00 e. The molecule has 0 atom stereocenters. The van der Waals surface area contributed by atoms with Gasteiger partial charge in [-0.05, 0) is 18.2 Å². The Morgan fingerprint density at radius 2 is 1.83 bits per heavy atom. The summed E-state index contributed by atoms with van der Waals surface area (Å²) in [5.41, 5.74) is -0.169. The molecular weight excluding hydrogens is 279 g/mol. The fourth-order valence-electron chi connectivity index (χ4n) is 1.84. The first-order valence-electron chi connectivity index (χ1n) is 4.99. The van der Waals surface area contributed by atoms with E-state index in [2.05, 4.69) is 0 Å². The third-order valence-corrected chi connectivity index (χ3v) is 4.14. The van der Waals surface area contributed by atoms with Crippen molar-refractivity contribution in [1.29, 1.82) is 0 Å². The zero-order valence-corrected chi connectivity index (χ0v) is 13.1. The van der Waals surface area contributed by atoms with E-state index in [0.717, 1.165) is 4.70 Å². The Bertz CT molecular complexity index is 798. The molecule has 0 unspecified atom stereocenters. The number of fused-ring (bicyclic) bond motifs is 2. The minimum absolute atomic E-state index is 0. The summed E-state index contributed by atoms with van der Waals surface area (Å²) in [6, 6.07) is 10.1. The van der Waals surface area contributed by atoms with E-state index < -0.39 is 0 Å². The zero-order valence-electron chi connectivity index (χ0n) is 9.57. The molecule has 0 aliphatic carbocycles. The van der Waals surface area contributed by atoms with Crippen LogP contribution in [0, 0.1) is 0 Å². The van der Waals surface area contributed by atoms with Crippen molar-refractivity contribution in [3.8, 4) is 5.75 Å². The predicted molar refractivity (Wildman–Crippen MR) is 70.1 cm³/mol. The van der Waals surface area contributed by atoms with E-state index in [1.54, 1.807) is 12.1 Å². The zero-order chi connectivity index (χ0) is 12.0. The van der Waals surface area contributed by atoms with Crippen LogP contribution in [0.2, 0.25) is 5.02 Å². The summed E-state index contributed by atoms with van der Waals surface area (Å²) >= 11 is 7.31. The van der Waals surface area contributed by atoms with Crippen LogP contribution in [-0.4, -0.2) is 0 Å². The summed E-state index contributed by atoms with van der Waals surface area (Å²) in [6.45, 7) is 0. The van der Waals surface area contributed by atoms with Gasteiger partial charge in [-0.25, -0.2) is 0 Å². The molecule has 0 fully saturated rings. The van der Waals surface area contributed by atoms with Crippen LogP contribution in [0.5, 0.6) is 5.75 Å². The van der Waals surface area contributed by atoms with Gasteiger partial charge in [-0.3, -0.25) is 4.79 Å². The molecule has 1 aromatic heterocycles. The van der Waals surface area contributed by atoms with Gasteiger partial charge in [0.2, 0.25) is 0 Å². The van der Waals surface area contributed by atoms with Crippen LogP contribution in [0.1, 0.15) is 0 Å². The van der Waals surface area contributed by atoms with Gasteiger partial charge < -0.3 is 5.11 Å². The largest absolute Gasteiger partial charge is 1.00 e. The van der Waals surface area contributed by atoms with E-state index in [1.165, 1.54) is 23.5 Å². The second-order valence-corrected chi connectivity index (χ2v) is 5.14. The van der Waals surface area contributed by atoms with Crippen LogP contribution in [0.4, 0.5) is 0 Å². The van der Waals surface area contributed by atoms with Gasteiger partial charge in [-0.15, -0.1) is 11.3 Å². The molecule has 2 nitrogen and oxygen atoms in total. The third kappa shape index (κ3) is 2.06. The number of hydrogen-bond acceptors (Lipinski definition) is 3. The SMILES string of the molecule is O=c1c2ccccc2sc2c([O-])ccc(Cl)c12.[Na+]. The molecule has 0 saturated carbocycles. The van der Waals surface area contributed by atoms with Crippen LogP contribution in [0.25, 0.3) is 20.2 Å². The van der Waals surface area contributed by atoms with Crippen LogP contribution in [-0.2, 0) is 0 Å². The maximum absolute atomic E-state index is 12.2. The first kappa shape index (κ1) is 13.8. The number of benzene rings is 2. The summed E-state index contributed by atoms with van der Waals surface area (Å²) in [6.07, 6.45) is 0. The van der Waals surface area contributed by atoms with Gasteiger partial charge in [0.25, 0.3) is 0 Å². The minimum Gasteiger partial charge on any atom is -0.871 e. The molecule has 0 amide bonds. The molecule has 5 heteroatoms. The van der Waals surface area contributed by atoms with Gasteiger partial charge >= 0.3 is 29.6 Å². The van der Waals surface area contributed by atoms with Crippen molar-refractivity contribution in [3.63, 3.8) is 0 Å². The van der Waals surface area contributed by atoms with Crippen molar-refractivity contribution in [2.24, 2.45) is 0 Å². The van der Waals surface area contributed by atoms with E-state index >= 15 is 0 Å². The molecule has 84 valence electrons. The Morgan fingerprint density at radius 3 is 2.61 bits per heavy atom. The van der Waals surface area contributed by atoms with Crippen molar-refractivity contribution >= 4 is 43.1 Å². The molecular formula is C13H6ClNaO2S. The number of rotatable bonds is 0. The first-order chi connectivity index (χ1) is 8.18. The summed E-state index contributed by atoms with van der Waals surface area (Å²) in [5, 5.41) is 13.0. The van der Waals surface area contributed by atoms with Gasteiger partial charge in [0.1, 0.15) is 0 Å². The molecule has 0 radical (unpaired) electrons. The molecule has 0 saturated heterocycles. The Balaban J connectivity index is 0.00000120. The van der Waals surface area contributed by atoms with Crippen LogP contribution < -0.4 is 40.1 Å². The topological polar surface area (TPSA) is 40.1 Å². The van der Waals surface area contributed by atoms with Gasteiger partial charge in [-0.2, -0.15) is 0 Å². The molecule has 0 aliphatic heterocycles. The van der Waals surface area contributed by atoms with Gasteiger partial charge in [0, 0.05) is 14.8 Å². The molecule has 0 spiro atoms. The quantitative estimate of drug-likeness (QED) is 0.435. The van der Waals surface area contributed by atoms with Gasteiger partial charge in [0.15, 0.2) is 5.43 Å². The molecule has 2 aromatic carbocycles. The predicted octanol–water partition coefficient (Wildman–Crippen LogP) is 0.146.